The predicted octanol–water partition coefficient (Wildman–Crippen LogP) is 3.57. The third kappa shape index (κ3) is 6.52. The maximum atomic E-state index is 12.1. The quantitative estimate of drug-likeness (QED) is 0.630. The SMILES string of the molecule is O=C(NCCc1ccn(-c2ccccc2)n1)Nc1ccc(OCC(F)(F)F)nc1. The van der Waals surface area contributed by atoms with Crippen LogP contribution in [0.4, 0.5) is 23.7 Å². The molecule has 29 heavy (non-hydrogen) atoms. The number of amides is 2. The molecule has 0 bridgehead atoms. The number of urea groups is 1. The van der Waals surface area contributed by atoms with Gasteiger partial charge in [0.05, 0.1) is 23.3 Å². The minimum atomic E-state index is -4.44. The molecule has 0 spiro atoms. The average Bonchev–Trinajstić information content (AvgIpc) is 3.16. The summed E-state index contributed by atoms with van der Waals surface area (Å²) in [6.45, 7) is -1.06. The lowest BCUT2D eigenvalue weighted by Gasteiger charge is -2.09. The van der Waals surface area contributed by atoms with Gasteiger partial charge in [0, 0.05) is 25.2 Å². The summed E-state index contributed by atoms with van der Waals surface area (Å²) >= 11 is 0. The summed E-state index contributed by atoms with van der Waals surface area (Å²) in [5.74, 6) is -0.178. The molecule has 7 nitrogen and oxygen atoms in total. The highest BCUT2D eigenvalue weighted by Gasteiger charge is 2.28. The van der Waals surface area contributed by atoms with E-state index in [4.69, 9.17) is 0 Å². The number of ether oxygens (including phenoxy) is 1. The van der Waals surface area contributed by atoms with Gasteiger partial charge in [0.2, 0.25) is 5.88 Å². The fraction of sp³-hybridized carbons (Fsp3) is 0.211. The van der Waals surface area contributed by atoms with Crippen LogP contribution in [0.5, 0.6) is 5.88 Å². The minimum absolute atomic E-state index is 0.178. The standard InChI is InChI=1S/C19H18F3N5O2/c20-19(21,22)13-29-17-7-6-15(12-24-17)25-18(28)23-10-8-14-9-11-27(26-14)16-4-2-1-3-5-16/h1-7,9,11-12H,8,10,13H2,(H2,23,25,28). The number of para-hydroxylation sites is 1. The van der Waals surface area contributed by atoms with E-state index in [1.54, 1.807) is 4.68 Å². The Hall–Kier alpha value is -3.56. The van der Waals surface area contributed by atoms with E-state index in [1.165, 1.54) is 18.3 Å². The molecule has 0 fully saturated rings. The second-order valence-electron chi connectivity index (χ2n) is 6.01. The predicted molar refractivity (Wildman–Crippen MR) is 100 cm³/mol. The van der Waals surface area contributed by atoms with Crippen LogP contribution in [-0.4, -0.2) is 40.1 Å². The molecular weight excluding hydrogens is 387 g/mol. The van der Waals surface area contributed by atoms with Gasteiger partial charge in [-0.1, -0.05) is 18.2 Å². The van der Waals surface area contributed by atoms with Crippen LogP contribution in [0.2, 0.25) is 0 Å². The van der Waals surface area contributed by atoms with E-state index in [0.717, 1.165) is 11.4 Å². The molecule has 2 N–H and O–H groups in total. The molecule has 0 radical (unpaired) electrons. The van der Waals surface area contributed by atoms with Crippen LogP contribution in [0.3, 0.4) is 0 Å². The molecule has 2 amide bonds. The van der Waals surface area contributed by atoms with Gasteiger partial charge in [-0.15, -0.1) is 0 Å². The summed E-state index contributed by atoms with van der Waals surface area (Å²) in [6, 6.07) is 13.7. The first kappa shape index (κ1) is 20.2. The van der Waals surface area contributed by atoms with Crippen molar-refractivity contribution in [1.29, 1.82) is 0 Å². The fourth-order valence-corrected chi connectivity index (χ4v) is 2.39. The van der Waals surface area contributed by atoms with Crippen LogP contribution in [0.15, 0.2) is 60.9 Å². The number of nitrogens with zero attached hydrogens (tertiary/aromatic N) is 3. The lowest BCUT2D eigenvalue weighted by Crippen LogP contribution is -2.30. The van der Waals surface area contributed by atoms with Gasteiger partial charge in [-0.25, -0.2) is 14.5 Å². The number of halogens is 3. The highest BCUT2D eigenvalue weighted by atomic mass is 19.4. The lowest BCUT2D eigenvalue weighted by molar-refractivity contribution is -0.154. The van der Waals surface area contributed by atoms with Crippen molar-refractivity contribution in [3.8, 4) is 11.6 Å². The second kappa shape index (κ2) is 9.09. The number of anilines is 1. The fourth-order valence-electron chi connectivity index (χ4n) is 2.39. The van der Waals surface area contributed by atoms with E-state index in [-0.39, 0.29) is 5.88 Å². The Bertz CT molecular complexity index is 927. The molecule has 152 valence electrons. The summed E-state index contributed by atoms with van der Waals surface area (Å²) in [7, 11) is 0. The average molecular weight is 405 g/mol. The zero-order valence-corrected chi connectivity index (χ0v) is 15.2. The number of nitrogens with one attached hydrogen (secondary N) is 2. The number of alkyl halides is 3. The van der Waals surface area contributed by atoms with Gasteiger partial charge in [0.1, 0.15) is 0 Å². The second-order valence-corrected chi connectivity index (χ2v) is 6.01. The molecule has 0 aliphatic rings. The van der Waals surface area contributed by atoms with Crippen molar-refractivity contribution >= 4 is 11.7 Å². The molecule has 0 aliphatic carbocycles. The van der Waals surface area contributed by atoms with Gasteiger partial charge >= 0.3 is 12.2 Å². The topological polar surface area (TPSA) is 81.1 Å². The summed E-state index contributed by atoms with van der Waals surface area (Å²) in [6.07, 6.45) is -0.837. The Balaban J connectivity index is 1.42. The zero-order valence-electron chi connectivity index (χ0n) is 15.2. The third-order valence-corrected chi connectivity index (χ3v) is 3.71. The van der Waals surface area contributed by atoms with E-state index in [0.29, 0.717) is 18.7 Å². The Kier molecular flexibility index (Phi) is 6.32. The van der Waals surface area contributed by atoms with Crippen LogP contribution in [0.25, 0.3) is 5.69 Å². The van der Waals surface area contributed by atoms with Crippen molar-refractivity contribution in [3.05, 3.63) is 66.6 Å². The van der Waals surface area contributed by atoms with E-state index in [9.17, 15) is 18.0 Å². The van der Waals surface area contributed by atoms with Crippen LogP contribution in [-0.2, 0) is 6.42 Å². The molecule has 3 rings (SSSR count). The van der Waals surface area contributed by atoms with Crippen LogP contribution >= 0.6 is 0 Å². The Morgan fingerprint density at radius 3 is 2.59 bits per heavy atom. The number of pyridine rings is 1. The lowest BCUT2D eigenvalue weighted by atomic mass is 10.3. The first-order valence-electron chi connectivity index (χ1n) is 8.69. The summed E-state index contributed by atoms with van der Waals surface area (Å²) in [4.78, 5) is 15.6. The highest BCUT2D eigenvalue weighted by Crippen LogP contribution is 2.18. The number of carbonyl (C=O) groups excluding carboxylic acids is 1. The number of hydrogen-bond donors (Lipinski definition) is 2. The van der Waals surface area contributed by atoms with Crippen molar-refractivity contribution in [2.24, 2.45) is 0 Å². The van der Waals surface area contributed by atoms with Crippen molar-refractivity contribution in [2.75, 3.05) is 18.5 Å². The van der Waals surface area contributed by atoms with E-state index < -0.39 is 18.8 Å². The van der Waals surface area contributed by atoms with Crippen molar-refractivity contribution < 1.29 is 22.7 Å². The van der Waals surface area contributed by atoms with Gasteiger partial charge in [-0.05, 0) is 24.3 Å². The molecule has 10 heteroatoms. The van der Waals surface area contributed by atoms with E-state index >= 15 is 0 Å². The minimum Gasteiger partial charge on any atom is -0.468 e. The monoisotopic (exact) mass is 405 g/mol. The molecular formula is C19H18F3N5O2. The third-order valence-electron chi connectivity index (χ3n) is 3.71. The van der Waals surface area contributed by atoms with E-state index in [1.807, 2.05) is 42.6 Å². The Labute approximate surface area is 164 Å². The summed E-state index contributed by atoms with van der Waals surface area (Å²) in [5.41, 5.74) is 2.09. The van der Waals surface area contributed by atoms with Gasteiger partial charge in [-0.2, -0.15) is 18.3 Å². The Morgan fingerprint density at radius 2 is 1.90 bits per heavy atom. The number of benzene rings is 1. The first-order chi connectivity index (χ1) is 13.9. The molecule has 3 aromatic rings. The molecule has 2 aromatic heterocycles. The molecule has 0 atom stereocenters. The molecule has 0 aliphatic heterocycles. The number of rotatable bonds is 7. The Morgan fingerprint density at radius 1 is 1.10 bits per heavy atom. The molecule has 1 aromatic carbocycles. The zero-order chi connectivity index (χ0) is 20.7. The van der Waals surface area contributed by atoms with Crippen LogP contribution < -0.4 is 15.4 Å². The number of carbonyl (C=O) groups is 1. The number of aromatic nitrogens is 3. The van der Waals surface area contributed by atoms with Crippen molar-refractivity contribution in [2.45, 2.75) is 12.6 Å². The van der Waals surface area contributed by atoms with Crippen molar-refractivity contribution in [3.63, 3.8) is 0 Å². The van der Waals surface area contributed by atoms with Gasteiger partial charge in [0.15, 0.2) is 6.61 Å². The molecule has 0 saturated heterocycles. The van der Waals surface area contributed by atoms with Gasteiger partial charge in [0.25, 0.3) is 0 Å². The van der Waals surface area contributed by atoms with Crippen LogP contribution in [0, 0.1) is 0 Å². The van der Waals surface area contributed by atoms with Crippen molar-refractivity contribution in [1.82, 2.24) is 20.1 Å². The molecule has 2 heterocycles. The maximum absolute atomic E-state index is 12.1. The number of hydrogen-bond acceptors (Lipinski definition) is 4. The molecule has 0 unspecified atom stereocenters. The first-order valence-corrected chi connectivity index (χ1v) is 8.69. The maximum Gasteiger partial charge on any atom is 0.422 e. The van der Waals surface area contributed by atoms with E-state index in [2.05, 4.69) is 25.5 Å². The largest absolute Gasteiger partial charge is 0.468 e. The van der Waals surface area contributed by atoms with Crippen LogP contribution in [0.1, 0.15) is 5.69 Å². The van der Waals surface area contributed by atoms with Gasteiger partial charge < -0.3 is 15.4 Å². The molecule has 0 saturated carbocycles. The van der Waals surface area contributed by atoms with Gasteiger partial charge in [-0.3, -0.25) is 0 Å². The smallest absolute Gasteiger partial charge is 0.422 e. The highest BCUT2D eigenvalue weighted by molar-refractivity contribution is 5.88. The summed E-state index contributed by atoms with van der Waals surface area (Å²) in [5, 5.41) is 9.67. The normalized spacial score (nSPS) is 11.1. The summed E-state index contributed by atoms with van der Waals surface area (Å²) < 4.78 is 42.6.